The van der Waals surface area contributed by atoms with Crippen molar-refractivity contribution in [3.63, 3.8) is 0 Å². The Kier molecular flexibility index (Phi) is 5.90. The first kappa shape index (κ1) is 23.3. The Hall–Kier alpha value is -4.14. The van der Waals surface area contributed by atoms with Crippen LogP contribution in [0.2, 0.25) is 0 Å². The van der Waals surface area contributed by atoms with Gasteiger partial charge in [0, 0.05) is 54.8 Å². The Morgan fingerprint density at radius 1 is 1.05 bits per heavy atom. The second-order valence-corrected chi connectivity index (χ2v) is 10.1. The lowest BCUT2D eigenvalue weighted by Crippen LogP contribution is -2.48. The summed E-state index contributed by atoms with van der Waals surface area (Å²) in [7, 11) is 0. The molecule has 3 aliphatic heterocycles. The summed E-state index contributed by atoms with van der Waals surface area (Å²) in [4.78, 5) is 40.5. The third-order valence-electron chi connectivity index (χ3n) is 7.61. The number of nitrogens with one attached hydrogen (secondary N) is 1. The minimum atomic E-state index is -0.223. The number of fused-ring (bicyclic) bond motifs is 4. The first-order valence-electron chi connectivity index (χ1n) is 12.8. The van der Waals surface area contributed by atoms with Gasteiger partial charge in [-0.3, -0.25) is 20.2 Å². The highest BCUT2D eigenvalue weighted by atomic mass is 16.2. The Balaban J connectivity index is 1.31. The van der Waals surface area contributed by atoms with Crippen molar-refractivity contribution in [1.29, 1.82) is 0 Å². The molecule has 6 heterocycles. The zero-order valence-corrected chi connectivity index (χ0v) is 21.3. The summed E-state index contributed by atoms with van der Waals surface area (Å²) in [5.74, 6) is 1.80. The smallest absolute Gasteiger partial charge is 0.329 e. The number of anilines is 3. The summed E-state index contributed by atoms with van der Waals surface area (Å²) in [6.07, 6.45) is 6.04. The molecule has 2 amide bonds. The number of carbonyl (C=O) groups is 1. The Morgan fingerprint density at radius 2 is 1.89 bits per heavy atom. The van der Waals surface area contributed by atoms with Gasteiger partial charge in [-0.1, -0.05) is 13.8 Å². The lowest BCUT2D eigenvalue weighted by molar-refractivity contribution is 0.254. The minimum absolute atomic E-state index is 0.0564. The van der Waals surface area contributed by atoms with Gasteiger partial charge in [-0.2, -0.15) is 0 Å². The Labute approximate surface area is 216 Å². The van der Waals surface area contributed by atoms with Crippen LogP contribution < -0.4 is 15.1 Å². The highest BCUT2D eigenvalue weighted by molar-refractivity contribution is 6.08. The fourth-order valence-corrected chi connectivity index (χ4v) is 5.36. The highest BCUT2D eigenvalue weighted by Gasteiger charge is 2.40. The average molecular weight is 495 g/mol. The lowest BCUT2D eigenvalue weighted by atomic mass is 9.88. The van der Waals surface area contributed by atoms with Crippen molar-refractivity contribution in [1.82, 2.24) is 15.0 Å². The van der Waals surface area contributed by atoms with E-state index in [4.69, 9.17) is 4.98 Å². The molecule has 3 aromatic heterocycles. The molecule has 0 aromatic carbocycles. The van der Waals surface area contributed by atoms with E-state index < -0.39 is 0 Å². The maximum absolute atomic E-state index is 13.7. The zero-order chi connectivity index (χ0) is 25.5. The molecule has 1 saturated heterocycles. The monoisotopic (exact) mass is 494 g/mol. The van der Waals surface area contributed by atoms with Crippen LogP contribution in [0, 0.1) is 18.8 Å². The molecule has 0 aliphatic carbocycles. The van der Waals surface area contributed by atoms with E-state index in [-0.39, 0.29) is 18.0 Å². The summed E-state index contributed by atoms with van der Waals surface area (Å²) in [5.41, 5.74) is 5.61. The minimum Gasteiger partial charge on any atom is -0.366 e. The van der Waals surface area contributed by atoms with Crippen LogP contribution in [0.1, 0.15) is 31.5 Å². The summed E-state index contributed by atoms with van der Waals surface area (Å²) in [6.45, 7) is 8.77. The number of hydrogen-bond acceptors (Lipinski definition) is 7. The highest BCUT2D eigenvalue weighted by Crippen LogP contribution is 2.40. The molecule has 1 unspecified atom stereocenters. The summed E-state index contributed by atoms with van der Waals surface area (Å²) in [5, 5.41) is 3.04. The van der Waals surface area contributed by atoms with Crippen molar-refractivity contribution in [2.45, 2.75) is 33.2 Å². The molecule has 9 heteroatoms. The SMILES string of the molecule is Cc1cc(-c2ccc3c(n2)N(C(=O)Nc2cc(C4=NC=NC[C@@H](C)C4C)ccn2)[C@H]2CCN3C2)ccn1. The molecular weight excluding hydrogens is 464 g/mol. The summed E-state index contributed by atoms with van der Waals surface area (Å²) in [6, 6.07) is 11.7. The second kappa shape index (κ2) is 9.38. The molecule has 0 spiro atoms. The van der Waals surface area contributed by atoms with E-state index in [2.05, 4.69) is 50.1 Å². The number of aryl methyl sites for hydroxylation is 1. The van der Waals surface area contributed by atoms with Crippen molar-refractivity contribution in [2.75, 3.05) is 34.8 Å². The quantitative estimate of drug-likeness (QED) is 0.575. The zero-order valence-electron chi connectivity index (χ0n) is 21.3. The van der Waals surface area contributed by atoms with Crippen LogP contribution in [0.25, 0.3) is 11.3 Å². The van der Waals surface area contributed by atoms with Crippen molar-refractivity contribution in [2.24, 2.45) is 21.8 Å². The molecule has 37 heavy (non-hydrogen) atoms. The summed E-state index contributed by atoms with van der Waals surface area (Å²) < 4.78 is 0. The maximum atomic E-state index is 13.7. The van der Waals surface area contributed by atoms with Gasteiger partial charge in [-0.15, -0.1) is 0 Å². The average Bonchev–Trinajstić information content (AvgIpc) is 3.24. The molecule has 2 bridgehead atoms. The number of aliphatic imine (C=N–C) groups is 2. The molecule has 188 valence electrons. The Bertz CT molecular complexity index is 1420. The number of amides is 2. The van der Waals surface area contributed by atoms with Gasteiger partial charge in [0.15, 0.2) is 5.82 Å². The van der Waals surface area contributed by atoms with Gasteiger partial charge < -0.3 is 4.90 Å². The first-order valence-corrected chi connectivity index (χ1v) is 12.8. The molecule has 6 rings (SSSR count). The van der Waals surface area contributed by atoms with Crippen molar-refractivity contribution < 1.29 is 4.79 Å². The van der Waals surface area contributed by atoms with E-state index in [1.165, 1.54) is 0 Å². The lowest BCUT2D eigenvalue weighted by Gasteiger charge is -2.35. The molecule has 3 atom stereocenters. The molecule has 0 radical (unpaired) electrons. The molecule has 1 fully saturated rings. The Morgan fingerprint density at radius 3 is 2.76 bits per heavy atom. The van der Waals surface area contributed by atoms with E-state index in [1.54, 1.807) is 18.7 Å². The van der Waals surface area contributed by atoms with E-state index in [9.17, 15) is 4.79 Å². The number of urea groups is 1. The van der Waals surface area contributed by atoms with Gasteiger partial charge in [0.2, 0.25) is 0 Å². The predicted octanol–water partition coefficient (Wildman–Crippen LogP) is 4.58. The van der Waals surface area contributed by atoms with E-state index in [0.717, 1.165) is 60.0 Å². The van der Waals surface area contributed by atoms with Crippen LogP contribution in [0.3, 0.4) is 0 Å². The normalized spacial score (nSPS) is 22.4. The van der Waals surface area contributed by atoms with Crippen LogP contribution >= 0.6 is 0 Å². The number of carbonyl (C=O) groups excluding carboxylic acids is 1. The maximum Gasteiger partial charge on any atom is 0.329 e. The van der Waals surface area contributed by atoms with Gasteiger partial charge in [0.1, 0.15) is 12.2 Å². The third-order valence-corrected chi connectivity index (χ3v) is 7.61. The number of rotatable bonds is 3. The molecule has 1 N–H and O–H groups in total. The fourth-order valence-electron chi connectivity index (χ4n) is 5.36. The summed E-state index contributed by atoms with van der Waals surface area (Å²) >= 11 is 0. The molecule has 3 aromatic rings. The topological polar surface area (TPSA) is 99.0 Å². The van der Waals surface area contributed by atoms with Gasteiger partial charge >= 0.3 is 6.03 Å². The van der Waals surface area contributed by atoms with E-state index >= 15 is 0 Å². The van der Waals surface area contributed by atoms with Gasteiger partial charge in [-0.25, -0.2) is 19.8 Å². The van der Waals surface area contributed by atoms with Gasteiger partial charge in [-0.05, 0) is 55.7 Å². The number of aromatic nitrogens is 3. The van der Waals surface area contributed by atoms with E-state index in [1.807, 2.05) is 42.2 Å². The molecule has 3 aliphatic rings. The standard InChI is InChI=1S/C28H30N8O/c1-17-14-29-16-32-26(19(17)3)21-7-10-31-25(13-21)34-28(37)36-22-8-11-35(15-22)24-5-4-23(33-27(24)36)20-6-9-30-18(2)12-20/h4-7,9-10,12-13,16-17,19,22H,8,11,14-15H2,1-3H3,(H,31,34,37)/t17-,19?,22+/m1/s1. The molecule has 0 saturated carbocycles. The van der Waals surface area contributed by atoms with Gasteiger partial charge in [0.25, 0.3) is 0 Å². The first-order chi connectivity index (χ1) is 18.0. The number of pyridine rings is 3. The van der Waals surface area contributed by atoms with Crippen LogP contribution in [0.5, 0.6) is 0 Å². The van der Waals surface area contributed by atoms with Crippen molar-refractivity contribution in [3.05, 3.63) is 60.0 Å². The molecular formula is C28H30N8O. The predicted molar refractivity (Wildman–Crippen MR) is 147 cm³/mol. The second-order valence-electron chi connectivity index (χ2n) is 10.1. The van der Waals surface area contributed by atoms with Crippen LogP contribution in [-0.2, 0) is 0 Å². The fraction of sp³-hybridized carbons (Fsp3) is 0.357. The van der Waals surface area contributed by atoms with Crippen LogP contribution in [0.15, 0.2) is 58.8 Å². The van der Waals surface area contributed by atoms with Crippen molar-refractivity contribution >= 4 is 35.4 Å². The van der Waals surface area contributed by atoms with Gasteiger partial charge in [0.05, 0.1) is 23.1 Å². The number of hydrogen-bond donors (Lipinski definition) is 1. The van der Waals surface area contributed by atoms with Crippen molar-refractivity contribution in [3.8, 4) is 11.3 Å². The largest absolute Gasteiger partial charge is 0.366 e. The van der Waals surface area contributed by atoms with Crippen LogP contribution in [0.4, 0.5) is 22.1 Å². The van der Waals surface area contributed by atoms with Crippen LogP contribution in [-0.4, -0.2) is 58.7 Å². The third kappa shape index (κ3) is 4.34. The van der Waals surface area contributed by atoms with E-state index in [0.29, 0.717) is 17.6 Å². The number of nitrogens with zero attached hydrogens (tertiary/aromatic N) is 7. The molecule has 9 nitrogen and oxygen atoms in total.